The number of carbonyl (C=O) groups is 1. The van der Waals surface area contributed by atoms with E-state index in [1.807, 2.05) is 0 Å². The van der Waals surface area contributed by atoms with E-state index in [2.05, 4.69) is 4.98 Å². The van der Waals surface area contributed by atoms with Crippen molar-refractivity contribution in [3.63, 3.8) is 0 Å². The fraction of sp³-hybridized carbons (Fsp3) is 0.364. The maximum Gasteiger partial charge on any atom is 0.338 e. The number of sulfonamides is 1. The minimum absolute atomic E-state index is 0.0316. The number of esters is 1. The summed E-state index contributed by atoms with van der Waals surface area (Å²) in [6, 6.07) is 9.61. The van der Waals surface area contributed by atoms with Gasteiger partial charge in [0.05, 0.1) is 41.3 Å². The molecular weight excluding hydrogens is 470 g/mol. The number of carbonyl (C=O) groups excluding carboxylic acids is 1. The fourth-order valence-electron chi connectivity index (χ4n) is 3.73. The lowest BCUT2D eigenvalue weighted by Gasteiger charge is -2.26. The first-order valence-corrected chi connectivity index (χ1v) is 12.2. The summed E-state index contributed by atoms with van der Waals surface area (Å²) in [7, 11) is -3.75. The van der Waals surface area contributed by atoms with E-state index in [4.69, 9.17) is 21.1 Å². The van der Waals surface area contributed by atoms with E-state index in [0.29, 0.717) is 35.1 Å². The molecule has 4 rings (SSSR count). The van der Waals surface area contributed by atoms with Gasteiger partial charge in [0.1, 0.15) is 12.4 Å². The van der Waals surface area contributed by atoms with Crippen LogP contribution in [-0.4, -0.2) is 66.3 Å². The zero-order chi connectivity index (χ0) is 23.6. The maximum absolute atomic E-state index is 13.0. The van der Waals surface area contributed by atoms with Crippen LogP contribution in [-0.2, 0) is 32.6 Å². The fourth-order valence-corrected chi connectivity index (χ4v) is 5.33. The van der Waals surface area contributed by atoms with Crippen molar-refractivity contribution in [2.75, 3.05) is 32.9 Å². The second-order valence-corrected chi connectivity index (χ2v) is 9.98. The van der Waals surface area contributed by atoms with Crippen molar-refractivity contribution in [2.24, 2.45) is 0 Å². The molecule has 2 aromatic carbocycles. The average molecular weight is 494 g/mol. The van der Waals surface area contributed by atoms with E-state index in [0.717, 1.165) is 5.52 Å². The number of benzene rings is 2. The van der Waals surface area contributed by atoms with Gasteiger partial charge in [-0.2, -0.15) is 4.31 Å². The Morgan fingerprint density at radius 1 is 1.21 bits per heavy atom. The monoisotopic (exact) mass is 493 g/mol. The van der Waals surface area contributed by atoms with Crippen molar-refractivity contribution >= 4 is 38.6 Å². The van der Waals surface area contributed by atoms with Gasteiger partial charge in [-0.1, -0.05) is 17.7 Å². The molecule has 3 aromatic rings. The van der Waals surface area contributed by atoms with Crippen LogP contribution in [0.5, 0.6) is 0 Å². The van der Waals surface area contributed by atoms with Crippen molar-refractivity contribution in [3.05, 3.63) is 58.4 Å². The molecule has 1 aliphatic heterocycles. The van der Waals surface area contributed by atoms with Crippen molar-refractivity contribution in [1.29, 1.82) is 0 Å². The van der Waals surface area contributed by atoms with Crippen LogP contribution in [0.1, 0.15) is 21.7 Å². The summed E-state index contributed by atoms with van der Waals surface area (Å²) >= 11 is 6.08. The van der Waals surface area contributed by atoms with Gasteiger partial charge in [-0.15, -0.1) is 0 Å². The van der Waals surface area contributed by atoms with Gasteiger partial charge in [-0.3, -0.25) is 0 Å². The molecule has 0 atom stereocenters. The molecule has 9 nitrogen and oxygen atoms in total. The van der Waals surface area contributed by atoms with Crippen molar-refractivity contribution in [2.45, 2.75) is 25.0 Å². The van der Waals surface area contributed by atoms with E-state index in [1.165, 1.54) is 16.4 Å². The highest BCUT2D eigenvalue weighted by atomic mass is 35.5. The Bertz CT molecular complexity index is 1280. The van der Waals surface area contributed by atoms with Crippen LogP contribution >= 0.6 is 11.6 Å². The number of aliphatic hydroxyl groups excluding tert-OH is 1. The lowest BCUT2D eigenvalue weighted by molar-refractivity contribution is 0.0456. The third-order valence-electron chi connectivity index (χ3n) is 5.48. The molecule has 0 aliphatic carbocycles. The molecule has 11 heteroatoms. The Hall–Kier alpha value is -2.50. The molecule has 0 spiro atoms. The van der Waals surface area contributed by atoms with Gasteiger partial charge >= 0.3 is 5.97 Å². The smallest absolute Gasteiger partial charge is 0.338 e. The maximum atomic E-state index is 13.0. The number of fused-ring (bicyclic) bond motifs is 1. The number of hydrogen-bond donors (Lipinski definition) is 1. The zero-order valence-corrected chi connectivity index (χ0v) is 19.6. The summed E-state index contributed by atoms with van der Waals surface area (Å²) in [6.45, 7) is 2.90. The highest BCUT2D eigenvalue weighted by Gasteiger charge is 2.27. The van der Waals surface area contributed by atoms with Gasteiger partial charge in [0, 0.05) is 24.7 Å². The molecule has 0 amide bonds. The summed E-state index contributed by atoms with van der Waals surface area (Å²) in [6.07, 6.45) is 0. The minimum atomic E-state index is -3.75. The summed E-state index contributed by atoms with van der Waals surface area (Å²) in [4.78, 5) is 17.4. The van der Waals surface area contributed by atoms with Gasteiger partial charge in [0.2, 0.25) is 10.0 Å². The standard InChI is InChI=1S/C22H24ClN3O6S/c1-15-2-4-17(33(29,30)25-7-10-31-11-8-25)13-18(15)22(28)32-14-21-24-19-5-3-16(23)12-20(19)26(21)6-9-27/h2-5,12-13,27H,6-11,14H2,1H3. The van der Waals surface area contributed by atoms with Gasteiger partial charge in [0.15, 0.2) is 0 Å². The molecule has 33 heavy (non-hydrogen) atoms. The number of hydrogen-bond acceptors (Lipinski definition) is 7. The predicted octanol–water partition coefficient (Wildman–Crippen LogP) is 2.37. The van der Waals surface area contributed by atoms with Crippen LogP contribution < -0.4 is 0 Å². The first kappa shape index (κ1) is 23.7. The molecule has 1 fully saturated rings. The molecule has 1 N–H and O–H groups in total. The molecule has 0 bridgehead atoms. The van der Waals surface area contributed by atoms with Gasteiger partial charge in [-0.25, -0.2) is 18.2 Å². The Kier molecular flexibility index (Phi) is 7.01. The average Bonchev–Trinajstić information content (AvgIpc) is 3.15. The molecule has 1 saturated heterocycles. The molecule has 0 unspecified atom stereocenters. The Balaban J connectivity index is 1.57. The molecule has 0 radical (unpaired) electrons. The second-order valence-electron chi connectivity index (χ2n) is 7.61. The van der Waals surface area contributed by atoms with Gasteiger partial charge in [0.25, 0.3) is 0 Å². The number of aromatic nitrogens is 2. The van der Waals surface area contributed by atoms with Gasteiger partial charge < -0.3 is 19.1 Å². The Morgan fingerprint density at radius 3 is 2.70 bits per heavy atom. The number of aliphatic hydroxyl groups is 1. The highest BCUT2D eigenvalue weighted by molar-refractivity contribution is 7.89. The van der Waals surface area contributed by atoms with Crippen molar-refractivity contribution < 1.29 is 27.8 Å². The predicted molar refractivity (Wildman–Crippen MR) is 122 cm³/mol. The summed E-state index contributed by atoms with van der Waals surface area (Å²) in [5.41, 5.74) is 2.14. The van der Waals surface area contributed by atoms with Crippen molar-refractivity contribution in [3.8, 4) is 0 Å². The number of nitrogens with zero attached hydrogens (tertiary/aromatic N) is 3. The molecule has 2 heterocycles. The normalized spacial score (nSPS) is 15.1. The zero-order valence-electron chi connectivity index (χ0n) is 18.0. The number of ether oxygens (including phenoxy) is 2. The number of aryl methyl sites for hydroxylation is 1. The van der Waals surface area contributed by atoms with E-state index >= 15 is 0 Å². The number of imidazole rings is 1. The van der Waals surface area contributed by atoms with Crippen molar-refractivity contribution in [1.82, 2.24) is 13.9 Å². The number of halogens is 1. The summed E-state index contributed by atoms with van der Waals surface area (Å²) in [5.74, 6) is -0.212. The number of rotatable bonds is 7. The van der Waals surface area contributed by atoms with E-state index in [-0.39, 0.29) is 43.3 Å². The van der Waals surface area contributed by atoms with Crippen LogP contribution in [0.2, 0.25) is 5.02 Å². The third-order valence-corrected chi connectivity index (χ3v) is 7.61. The largest absolute Gasteiger partial charge is 0.454 e. The lowest BCUT2D eigenvalue weighted by atomic mass is 10.1. The summed E-state index contributed by atoms with van der Waals surface area (Å²) in [5, 5.41) is 9.97. The van der Waals surface area contributed by atoms with Crippen LogP contribution in [0.3, 0.4) is 0 Å². The van der Waals surface area contributed by atoms with E-state index in [1.54, 1.807) is 35.8 Å². The van der Waals surface area contributed by atoms with Gasteiger partial charge in [-0.05, 0) is 42.8 Å². The first-order valence-electron chi connectivity index (χ1n) is 10.4. The minimum Gasteiger partial charge on any atom is -0.454 e. The quantitative estimate of drug-likeness (QED) is 0.503. The van der Waals surface area contributed by atoms with E-state index < -0.39 is 16.0 Å². The molecule has 176 valence electrons. The summed E-state index contributed by atoms with van der Waals surface area (Å²) < 4.78 is 39.7. The lowest BCUT2D eigenvalue weighted by Crippen LogP contribution is -2.40. The first-order chi connectivity index (χ1) is 15.8. The second kappa shape index (κ2) is 9.78. The van der Waals surface area contributed by atoms with Crippen LogP contribution in [0.4, 0.5) is 0 Å². The van der Waals surface area contributed by atoms with E-state index in [9.17, 15) is 18.3 Å². The molecular formula is C22H24ClN3O6S. The Labute approximate surface area is 196 Å². The SMILES string of the molecule is Cc1ccc(S(=O)(=O)N2CCOCC2)cc1C(=O)OCc1nc2ccc(Cl)cc2n1CCO. The third kappa shape index (κ3) is 4.90. The highest BCUT2D eigenvalue weighted by Crippen LogP contribution is 2.23. The Morgan fingerprint density at radius 2 is 1.97 bits per heavy atom. The topological polar surface area (TPSA) is 111 Å². The number of morpholine rings is 1. The molecule has 1 aromatic heterocycles. The molecule has 1 aliphatic rings. The molecule has 0 saturated carbocycles. The van der Waals surface area contributed by atoms with Crippen LogP contribution in [0.15, 0.2) is 41.3 Å². The van der Waals surface area contributed by atoms with Crippen LogP contribution in [0.25, 0.3) is 11.0 Å². The van der Waals surface area contributed by atoms with Crippen LogP contribution in [0, 0.1) is 6.92 Å².